The Morgan fingerprint density at radius 2 is 1.75 bits per heavy atom. The lowest BCUT2D eigenvalue weighted by atomic mass is 10.1. The number of halogens is 4. The molecule has 44 heavy (non-hydrogen) atoms. The highest BCUT2D eigenvalue weighted by molar-refractivity contribution is 5.93. The molecule has 8 nitrogen and oxygen atoms in total. The number of aromatic nitrogens is 3. The van der Waals surface area contributed by atoms with Crippen LogP contribution < -0.4 is 9.47 Å². The number of methoxy groups -OCH3 is 2. The number of pyridine rings is 1. The minimum atomic E-state index is -3.16. The Balaban J connectivity index is 1.35. The van der Waals surface area contributed by atoms with Crippen LogP contribution in [0.25, 0.3) is 22.3 Å². The summed E-state index contributed by atoms with van der Waals surface area (Å²) >= 11 is 0. The van der Waals surface area contributed by atoms with E-state index in [-0.39, 0.29) is 24.5 Å². The van der Waals surface area contributed by atoms with Gasteiger partial charge in [-0.1, -0.05) is 30.3 Å². The molecule has 0 aliphatic rings. The Hall–Kier alpha value is -4.97. The zero-order chi connectivity index (χ0) is 31.2. The van der Waals surface area contributed by atoms with E-state index in [4.69, 9.17) is 14.2 Å². The van der Waals surface area contributed by atoms with Crippen molar-refractivity contribution in [3.05, 3.63) is 107 Å². The molecule has 0 N–H and O–H groups in total. The summed E-state index contributed by atoms with van der Waals surface area (Å²) in [5.41, 5.74) is 3.00. The molecule has 5 aromatic rings. The predicted molar refractivity (Wildman–Crippen MR) is 153 cm³/mol. The van der Waals surface area contributed by atoms with Gasteiger partial charge in [0.05, 0.1) is 36.0 Å². The molecule has 0 aliphatic carbocycles. The van der Waals surface area contributed by atoms with Crippen LogP contribution >= 0.6 is 0 Å². The Kier molecular flexibility index (Phi) is 9.39. The molecule has 2 aromatic heterocycles. The number of alkyl halides is 2. The number of fused-ring (bicyclic) bond motifs is 1. The lowest BCUT2D eigenvalue weighted by Gasteiger charge is -2.12. The number of benzene rings is 3. The maximum atomic E-state index is 15.4. The van der Waals surface area contributed by atoms with Gasteiger partial charge in [-0.3, -0.25) is 0 Å². The van der Waals surface area contributed by atoms with Crippen LogP contribution in [0.2, 0.25) is 0 Å². The molecule has 12 heteroatoms. The Labute approximate surface area is 249 Å². The molecule has 0 atom stereocenters. The molecule has 3 aromatic carbocycles. The fraction of sp³-hybridized carbons (Fsp3) is 0.219. The van der Waals surface area contributed by atoms with Crippen molar-refractivity contribution in [2.75, 3.05) is 20.8 Å². The van der Waals surface area contributed by atoms with Gasteiger partial charge in [-0.2, -0.15) is 8.78 Å². The van der Waals surface area contributed by atoms with Gasteiger partial charge in [0, 0.05) is 37.3 Å². The van der Waals surface area contributed by atoms with Crippen molar-refractivity contribution in [1.29, 1.82) is 0 Å². The zero-order valence-corrected chi connectivity index (χ0v) is 23.7. The summed E-state index contributed by atoms with van der Waals surface area (Å²) in [7, 11) is 2.88. The van der Waals surface area contributed by atoms with E-state index in [1.807, 2.05) is 4.57 Å². The topological polar surface area (TPSA) is 84.7 Å². The van der Waals surface area contributed by atoms with Gasteiger partial charge in [-0.15, -0.1) is 0 Å². The summed E-state index contributed by atoms with van der Waals surface area (Å²) in [5.74, 6) is -1.77. The van der Waals surface area contributed by atoms with Gasteiger partial charge < -0.3 is 23.5 Å². The lowest BCUT2D eigenvalue weighted by molar-refractivity contribution is -0.0523. The number of carbonyl (C=O) groups excluding carboxylic acids is 1. The van der Waals surface area contributed by atoms with E-state index < -0.39 is 30.0 Å². The molecule has 5 rings (SSSR count). The van der Waals surface area contributed by atoms with Crippen molar-refractivity contribution >= 4 is 17.0 Å². The molecule has 0 amide bonds. The molecule has 0 aliphatic heterocycles. The first-order valence-electron chi connectivity index (χ1n) is 13.4. The van der Waals surface area contributed by atoms with E-state index in [1.54, 1.807) is 55.6 Å². The minimum absolute atomic E-state index is 0.00351. The third-order valence-corrected chi connectivity index (χ3v) is 6.82. The molecular weight excluding hydrogens is 582 g/mol. The highest BCUT2D eigenvalue weighted by Crippen LogP contribution is 2.27. The van der Waals surface area contributed by atoms with Crippen LogP contribution in [0.3, 0.4) is 0 Å². The van der Waals surface area contributed by atoms with E-state index >= 15 is 4.39 Å². The fourth-order valence-corrected chi connectivity index (χ4v) is 4.67. The third-order valence-electron chi connectivity index (χ3n) is 6.82. The number of imidazole rings is 1. The summed E-state index contributed by atoms with van der Waals surface area (Å²) in [4.78, 5) is 21.1. The van der Waals surface area contributed by atoms with Crippen molar-refractivity contribution in [2.24, 2.45) is 0 Å². The molecule has 0 bridgehead atoms. The number of nitrogens with zero attached hydrogens (tertiary/aromatic N) is 3. The van der Waals surface area contributed by atoms with Gasteiger partial charge in [0.15, 0.2) is 11.6 Å². The van der Waals surface area contributed by atoms with Crippen molar-refractivity contribution in [2.45, 2.75) is 26.2 Å². The standard InChI is InChI=1S/C32H27F4N3O5/c1-41-14-13-39-26-16-21(31(40)42-2)11-12-25(26)37-28(39)17-19-9-10-20(15-23(19)33)24-6-4-8-29(38-24)43-18-22-5-3-7-27(30(22)34)44-32(35)36/h3-12,15-16,32H,13-14,17-18H2,1-2H3. The first kappa shape index (κ1) is 30.5. The Bertz CT molecular complexity index is 1790. The lowest BCUT2D eigenvalue weighted by Crippen LogP contribution is -2.10. The number of hydrogen-bond donors (Lipinski definition) is 0. The maximum absolute atomic E-state index is 15.4. The van der Waals surface area contributed by atoms with Crippen LogP contribution in [-0.2, 0) is 29.0 Å². The predicted octanol–water partition coefficient (Wildman–Crippen LogP) is 6.58. The third kappa shape index (κ3) is 6.81. The van der Waals surface area contributed by atoms with E-state index in [9.17, 15) is 18.0 Å². The largest absolute Gasteiger partial charge is 0.473 e. The van der Waals surface area contributed by atoms with Crippen molar-refractivity contribution in [1.82, 2.24) is 14.5 Å². The SMILES string of the molecule is COCCn1c(Cc2ccc(-c3cccc(OCc4cccc(OC(F)F)c4F)n3)cc2F)nc2ccc(C(=O)OC)cc21. The summed E-state index contributed by atoms with van der Waals surface area (Å²) < 4.78 is 76.7. The Morgan fingerprint density at radius 3 is 2.50 bits per heavy atom. The van der Waals surface area contributed by atoms with Crippen molar-refractivity contribution < 1.29 is 41.3 Å². The van der Waals surface area contributed by atoms with Crippen LogP contribution in [0.5, 0.6) is 11.6 Å². The summed E-state index contributed by atoms with van der Waals surface area (Å²) in [5, 5.41) is 0. The van der Waals surface area contributed by atoms with E-state index in [0.29, 0.717) is 52.4 Å². The van der Waals surface area contributed by atoms with Gasteiger partial charge in [0.1, 0.15) is 18.2 Å². The molecular formula is C32H27F4N3O5. The molecule has 0 fully saturated rings. The molecule has 2 heterocycles. The van der Waals surface area contributed by atoms with Gasteiger partial charge in [-0.05, 0) is 42.0 Å². The smallest absolute Gasteiger partial charge is 0.387 e. The number of carbonyl (C=O) groups is 1. The van der Waals surface area contributed by atoms with Crippen LogP contribution in [0.1, 0.15) is 27.3 Å². The Morgan fingerprint density at radius 1 is 0.932 bits per heavy atom. The summed E-state index contributed by atoms with van der Waals surface area (Å²) in [6.45, 7) is -2.63. The average Bonchev–Trinajstić information content (AvgIpc) is 3.36. The minimum Gasteiger partial charge on any atom is -0.473 e. The van der Waals surface area contributed by atoms with Crippen LogP contribution in [0.4, 0.5) is 17.6 Å². The van der Waals surface area contributed by atoms with E-state index in [2.05, 4.69) is 14.7 Å². The van der Waals surface area contributed by atoms with Crippen LogP contribution in [0.15, 0.2) is 72.8 Å². The maximum Gasteiger partial charge on any atom is 0.387 e. The van der Waals surface area contributed by atoms with Gasteiger partial charge in [0.2, 0.25) is 5.88 Å². The van der Waals surface area contributed by atoms with Crippen LogP contribution in [0, 0.1) is 11.6 Å². The van der Waals surface area contributed by atoms with E-state index in [1.165, 1.54) is 25.3 Å². The second kappa shape index (κ2) is 13.6. The second-order valence-electron chi connectivity index (χ2n) is 9.61. The number of rotatable bonds is 12. The molecule has 0 radical (unpaired) electrons. The van der Waals surface area contributed by atoms with Crippen LogP contribution in [-0.4, -0.2) is 47.9 Å². The second-order valence-corrected chi connectivity index (χ2v) is 9.61. The van der Waals surface area contributed by atoms with Gasteiger partial charge in [0.25, 0.3) is 0 Å². The van der Waals surface area contributed by atoms with Crippen molar-refractivity contribution in [3.8, 4) is 22.9 Å². The summed E-state index contributed by atoms with van der Waals surface area (Å²) in [6.07, 6.45) is 0.175. The molecule has 0 spiro atoms. The highest BCUT2D eigenvalue weighted by atomic mass is 19.3. The quantitative estimate of drug-likeness (QED) is 0.117. The fourth-order valence-electron chi connectivity index (χ4n) is 4.67. The van der Waals surface area contributed by atoms with Gasteiger partial charge >= 0.3 is 12.6 Å². The zero-order valence-electron chi connectivity index (χ0n) is 23.7. The molecule has 0 unspecified atom stereocenters. The number of ether oxygens (including phenoxy) is 4. The monoisotopic (exact) mass is 609 g/mol. The first-order valence-corrected chi connectivity index (χ1v) is 13.4. The highest BCUT2D eigenvalue weighted by Gasteiger charge is 2.17. The number of esters is 1. The molecule has 0 saturated carbocycles. The normalized spacial score (nSPS) is 11.2. The molecule has 228 valence electrons. The van der Waals surface area contributed by atoms with Crippen molar-refractivity contribution in [3.63, 3.8) is 0 Å². The number of hydrogen-bond acceptors (Lipinski definition) is 7. The average molecular weight is 610 g/mol. The molecule has 0 saturated heterocycles. The van der Waals surface area contributed by atoms with Gasteiger partial charge in [-0.25, -0.2) is 23.5 Å². The summed E-state index contributed by atoms with van der Waals surface area (Å²) in [6, 6.07) is 18.5. The van der Waals surface area contributed by atoms with E-state index in [0.717, 1.165) is 6.07 Å². The first-order chi connectivity index (χ1) is 21.3.